The van der Waals surface area contributed by atoms with E-state index >= 15 is 0 Å². The fourth-order valence-electron chi connectivity index (χ4n) is 1.04. The Morgan fingerprint density at radius 2 is 2.31 bits per heavy atom. The van der Waals surface area contributed by atoms with Gasteiger partial charge in [0.1, 0.15) is 9.93 Å². The normalized spacial score (nSPS) is 12.6. The molecular weight excluding hydrogens is 254 g/mol. The molecule has 0 aliphatic carbocycles. The zero-order valence-corrected chi connectivity index (χ0v) is 9.66. The molecule has 2 aromatic heterocycles. The Labute approximate surface area is 99.0 Å². The van der Waals surface area contributed by atoms with E-state index in [2.05, 4.69) is 10.2 Å². The van der Waals surface area contributed by atoms with Crippen molar-refractivity contribution in [2.24, 2.45) is 0 Å². The van der Waals surface area contributed by atoms with Crippen molar-refractivity contribution in [1.29, 1.82) is 0 Å². The minimum Gasteiger partial charge on any atom is -0.398 e. The van der Waals surface area contributed by atoms with Crippen molar-refractivity contribution in [3.8, 4) is 10.8 Å². The summed E-state index contributed by atoms with van der Waals surface area (Å²) in [7, 11) is 0. The monoisotopic (exact) mass is 259 g/mol. The van der Waals surface area contributed by atoms with Gasteiger partial charge in [-0.2, -0.15) is 0 Å². The van der Waals surface area contributed by atoms with Crippen molar-refractivity contribution in [1.82, 2.24) is 10.2 Å². The van der Waals surface area contributed by atoms with Crippen molar-refractivity contribution in [3.05, 3.63) is 27.3 Å². The van der Waals surface area contributed by atoms with E-state index in [0.29, 0.717) is 15.8 Å². The van der Waals surface area contributed by atoms with E-state index in [9.17, 15) is 10.1 Å². The highest BCUT2D eigenvalue weighted by Crippen LogP contribution is 2.31. The fourth-order valence-corrected chi connectivity index (χ4v) is 1.95. The van der Waals surface area contributed by atoms with Gasteiger partial charge in [0.15, 0.2) is 10.8 Å². The molecule has 0 fully saturated rings. The van der Waals surface area contributed by atoms with Crippen LogP contribution in [0.3, 0.4) is 0 Å². The van der Waals surface area contributed by atoms with Gasteiger partial charge in [0.2, 0.25) is 0 Å². The van der Waals surface area contributed by atoms with Crippen LogP contribution < -0.4 is 0 Å². The predicted molar refractivity (Wildman–Crippen MR) is 58.5 cm³/mol. The van der Waals surface area contributed by atoms with Gasteiger partial charge in [-0.1, -0.05) is 11.3 Å². The lowest BCUT2D eigenvalue weighted by atomic mass is 10.5. The molecule has 0 aliphatic heterocycles. The molecule has 0 radical (unpaired) electrons. The second-order valence-electron chi connectivity index (χ2n) is 2.96. The summed E-state index contributed by atoms with van der Waals surface area (Å²) in [6, 6.07) is 2.77. The summed E-state index contributed by atoms with van der Waals surface area (Å²) in [6.45, 7) is 1.77. The highest BCUT2D eigenvalue weighted by atomic mass is 35.5. The van der Waals surface area contributed by atoms with Crippen LogP contribution in [0.5, 0.6) is 0 Å². The van der Waals surface area contributed by atoms with Crippen LogP contribution in [0.4, 0.5) is 5.88 Å². The molecule has 0 aliphatic rings. The first-order chi connectivity index (χ1) is 7.58. The van der Waals surface area contributed by atoms with Gasteiger partial charge >= 0.3 is 5.88 Å². The predicted octanol–water partition coefficient (Wildman–Crippen LogP) is 3.01. The van der Waals surface area contributed by atoms with Crippen LogP contribution in [0.25, 0.3) is 10.8 Å². The third-order valence-corrected chi connectivity index (χ3v) is 3.22. The highest BCUT2D eigenvalue weighted by molar-refractivity contribution is 7.14. The Hall–Kier alpha value is -1.47. The largest absolute Gasteiger partial charge is 0.433 e. The van der Waals surface area contributed by atoms with Gasteiger partial charge in [0, 0.05) is 0 Å². The number of rotatable bonds is 3. The number of halogens is 1. The van der Waals surface area contributed by atoms with Gasteiger partial charge in [-0.15, -0.1) is 21.8 Å². The van der Waals surface area contributed by atoms with Crippen LogP contribution >= 0.6 is 22.9 Å². The number of furan rings is 1. The van der Waals surface area contributed by atoms with E-state index in [1.807, 2.05) is 0 Å². The van der Waals surface area contributed by atoms with E-state index in [4.69, 9.17) is 16.0 Å². The Bertz CT molecular complexity index is 522. The van der Waals surface area contributed by atoms with Gasteiger partial charge in [-0.25, -0.2) is 0 Å². The Balaban J connectivity index is 2.31. The smallest absolute Gasteiger partial charge is 0.398 e. The maximum atomic E-state index is 10.4. The van der Waals surface area contributed by atoms with Gasteiger partial charge in [-0.05, 0) is 13.0 Å². The van der Waals surface area contributed by atoms with Gasteiger partial charge < -0.3 is 4.42 Å². The van der Waals surface area contributed by atoms with Crippen LogP contribution in [-0.2, 0) is 0 Å². The number of alkyl halides is 1. The zero-order chi connectivity index (χ0) is 11.7. The van der Waals surface area contributed by atoms with Gasteiger partial charge in [0.05, 0.1) is 11.4 Å². The summed E-state index contributed by atoms with van der Waals surface area (Å²) < 4.78 is 4.99. The van der Waals surface area contributed by atoms with E-state index in [-0.39, 0.29) is 11.3 Å². The summed E-state index contributed by atoms with van der Waals surface area (Å²) in [5.41, 5.74) is 0. The zero-order valence-electron chi connectivity index (χ0n) is 8.08. The molecule has 1 unspecified atom stereocenters. The van der Waals surface area contributed by atoms with Crippen molar-refractivity contribution in [3.63, 3.8) is 0 Å². The van der Waals surface area contributed by atoms with Crippen molar-refractivity contribution >= 4 is 28.8 Å². The van der Waals surface area contributed by atoms with Crippen LogP contribution in [-0.4, -0.2) is 15.1 Å². The molecular formula is C8H6ClN3O3S. The van der Waals surface area contributed by atoms with E-state index in [1.165, 1.54) is 23.5 Å². The molecule has 8 heteroatoms. The van der Waals surface area contributed by atoms with Crippen molar-refractivity contribution in [2.75, 3.05) is 0 Å². The standard InChI is InChI=1S/C8H6ClN3O3S/c1-4(9)7-10-11-8(16-7)5-2-3-6(15-5)12(13)14/h2-4H,1H3. The molecule has 0 bridgehead atoms. The van der Waals surface area contributed by atoms with Crippen LogP contribution in [0, 0.1) is 10.1 Å². The average molecular weight is 260 g/mol. The quantitative estimate of drug-likeness (QED) is 0.481. The lowest BCUT2D eigenvalue weighted by Gasteiger charge is -1.90. The number of nitro groups is 1. The molecule has 2 rings (SSSR count). The molecule has 0 amide bonds. The van der Waals surface area contributed by atoms with Crippen LogP contribution in [0.1, 0.15) is 17.3 Å². The molecule has 16 heavy (non-hydrogen) atoms. The van der Waals surface area contributed by atoms with Crippen LogP contribution in [0.15, 0.2) is 16.5 Å². The lowest BCUT2D eigenvalue weighted by Crippen LogP contribution is -1.82. The second-order valence-corrected chi connectivity index (χ2v) is 4.62. The molecule has 0 saturated heterocycles. The molecule has 1 atom stereocenters. The van der Waals surface area contributed by atoms with E-state index in [0.717, 1.165) is 0 Å². The first kappa shape index (κ1) is 11.0. The summed E-state index contributed by atoms with van der Waals surface area (Å²) in [4.78, 5) is 9.82. The SMILES string of the molecule is CC(Cl)c1nnc(-c2ccc([N+](=O)[O-])o2)s1. The molecule has 84 valence electrons. The molecule has 0 aromatic carbocycles. The van der Waals surface area contributed by atoms with Crippen molar-refractivity contribution < 1.29 is 9.34 Å². The maximum Gasteiger partial charge on any atom is 0.433 e. The average Bonchev–Trinajstić information content (AvgIpc) is 2.86. The first-order valence-electron chi connectivity index (χ1n) is 4.30. The minimum absolute atomic E-state index is 0.240. The Morgan fingerprint density at radius 3 is 2.81 bits per heavy atom. The minimum atomic E-state index is -0.602. The molecule has 2 heterocycles. The van der Waals surface area contributed by atoms with Gasteiger partial charge in [0.25, 0.3) is 0 Å². The maximum absolute atomic E-state index is 10.4. The highest BCUT2D eigenvalue weighted by Gasteiger charge is 2.17. The topological polar surface area (TPSA) is 82.1 Å². The molecule has 0 saturated carbocycles. The summed E-state index contributed by atoms with van der Waals surface area (Å²) in [6.07, 6.45) is 0. The molecule has 0 N–H and O–H groups in total. The van der Waals surface area contributed by atoms with Gasteiger partial charge in [-0.3, -0.25) is 10.1 Å². The Kier molecular flexibility index (Phi) is 2.88. The Morgan fingerprint density at radius 1 is 1.56 bits per heavy atom. The van der Waals surface area contributed by atoms with Crippen LogP contribution in [0.2, 0.25) is 0 Å². The fraction of sp³-hybridized carbons (Fsp3) is 0.250. The lowest BCUT2D eigenvalue weighted by molar-refractivity contribution is -0.401. The van der Waals surface area contributed by atoms with Crippen molar-refractivity contribution in [2.45, 2.75) is 12.3 Å². The molecule has 2 aromatic rings. The number of aromatic nitrogens is 2. The molecule has 6 nitrogen and oxygen atoms in total. The van der Waals surface area contributed by atoms with E-state index in [1.54, 1.807) is 6.92 Å². The number of nitrogens with zero attached hydrogens (tertiary/aromatic N) is 3. The third-order valence-electron chi connectivity index (χ3n) is 1.76. The first-order valence-corrected chi connectivity index (χ1v) is 5.55. The number of hydrogen-bond acceptors (Lipinski definition) is 6. The summed E-state index contributed by atoms with van der Waals surface area (Å²) in [5, 5.41) is 19.0. The van der Waals surface area contributed by atoms with E-state index < -0.39 is 4.92 Å². The second kappa shape index (κ2) is 4.18. The summed E-state index contributed by atoms with van der Waals surface area (Å²) in [5.74, 6) is 0.0124. The number of hydrogen-bond donors (Lipinski definition) is 0. The third kappa shape index (κ3) is 2.05. The summed E-state index contributed by atoms with van der Waals surface area (Å²) >= 11 is 7.08. The molecule has 0 spiro atoms.